The van der Waals surface area contributed by atoms with E-state index in [9.17, 15) is 0 Å². The summed E-state index contributed by atoms with van der Waals surface area (Å²) in [6.07, 6.45) is 2.75. The van der Waals surface area contributed by atoms with Crippen LogP contribution >= 0.6 is 11.8 Å². The van der Waals surface area contributed by atoms with Crippen LogP contribution < -0.4 is 0 Å². The highest BCUT2D eigenvalue weighted by Gasteiger charge is 1.85. The van der Waals surface area contributed by atoms with E-state index in [4.69, 9.17) is 11.8 Å². The number of hydrogen-bond acceptors (Lipinski definition) is 0. The quantitative estimate of drug-likeness (QED) is 0.483. The van der Waals surface area contributed by atoms with E-state index in [0.29, 0.717) is 0 Å². The fraction of sp³-hybridized carbons (Fsp3) is 0.200. The highest BCUT2D eigenvalue weighted by Crippen LogP contribution is 1.98. The monoisotopic (exact) mass is 114 g/mol. The summed E-state index contributed by atoms with van der Waals surface area (Å²) in [6.45, 7) is 1.92. The SMILES string of the molecule is Cc1cc[c]n1Cl. The van der Waals surface area contributed by atoms with Crippen LogP contribution in [-0.2, 0) is 0 Å². The lowest BCUT2D eigenvalue weighted by Gasteiger charge is -1.84. The molecular formula is C5H5ClN. The first-order chi connectivity index (χ1) is 3.30. The summed E-state index contributed by atoms with van der Waals surface area (Å²) in [5, 5.41) is 0. The van der Waals surface area contributed by atoms with Crippen molar-refractivity contribution in [3.05, 3.63) is 24.0 Å². The predicted octanol–water partition coefficient (Wildman–Crippen LogP) is 1.60. The topological polar surface area (TPSA) is 4.93 Å². The fourth-order valence-electron chi connectivity index (χ4n) is 0.391. The van der Waals surface area contributed by atoms with Gasteiger partial charge in [0.1, 0.15) is 0 Å². The van der Waals surface area contributed by atoms with Crippen molar-refractivity contribution in [2.24, 2.45) is 0 Å². The zero-order valence-electron chi connectivity index (χ0n) is 3.98. The number of nitrogens with zero attached hydrogens (tertiary/aromatic N) is 1. The molecule has 1 nitrogen and oxygen atoms in total. The average molecular weight is 115 g/mol. The Morgan fingerprint density at radius 2 is 2.57 bits per heavy atom. The Labute approximate surface area is 47.6 Å². The predicted molar refractivity (Wildman–Crippen MR) is 29.3 cm³/mol. The van der Waals surface area contributed by atoms with E-state index in [1.807, 2.05) is 13.0 Å². The molecule has 0 bridgehead atoms. The highest BCUT2D eigenvalue weighted by atomic mass is 35.5. The Bertz CT molecular complexity index is 140. The largest absolute Gasteiger partial charge is 0.256 e. The Balaban J connectivity index is 3.12. The molecule has 0 saturated carbocycles. The summed E-state index contributed by atoms with van der Waals surface area (Å²) in [6, 6.07) is 3.68. The number of halogens is 1. The molecular weight excluding hydrogens is 110 g/mol. The van der Waals surface area contributed by atoms with Gasteiger partial charge in [-0.05, 0) is 19.1 Å². The minimum atomic E-state index is 1.02. The van der Waals surface area contributed by atoms with E-state index in [1.54, 1.807) is 6.07 Å². The molecule has 0 saturated heterocycles. The lowest BCUT2D eigenvalue weighted by Crippen LogP contribution is -1.76. The van der Waals surface area contributed by atoms with Crippen LogP contribution in [-0.4, -0.2) is 4.09 Å². The van der Waals surface area contributed by atoms with Gasteiger partial charge in [0.15, 0.2) is 0 Å². The van der Waals surface area contributed by atoms with E-state index in [0.717, 1.165) is 5.69 Å². The van der Waals surface area contributed by atoms with Crippen molar-refractivity contribution in [1.29, 1.82) is 0 Å². The lowest BCUT2D eigenvalue weighted by atomic mass is 10.5. The summed E-state index contributed by atoms with van der Waals surface area (Å²) >= 11 is 5.49. The van der Waals surface area contributed by atoms with E-state index in [-0.39, 0.29) is 0 Å². The standard InChI is InChI=1S/C5H5ClN/c1-5-3-2-4-7(5)6/h2-3H,1H3. The van der Waals surface area contributed by atoms with Gasteiger partial charge in [0, 0.05) is 17.5 Å². The molecule has 0 N–H and O–H groups in total. The summed E-state index contributed by atoms with van der Waals surface area (Å²) in [5.41, 5.74) is 1.02. The third kappa shape index (κ3) is 0.775. The van der Waals surface area contributed by atoms with E-state index in [1.165, 1.54) is 4.09 Å². The van der Waals surface area contributed by atoms with Gasteiger partial charge in [-0.25, -0.2) is 0 Å². The van der Waals surface area contributed by atoms with Gasteiger partial charge in [0.05, 0.1) is 6.20 Å². The first kappa shape index (κ1) is 4.72. The van der Waals surface area contributed by atoms with Gasteiger partial charge in [-0.3, -0.25) is 4.09 Å². The van der Waals surface area contributed by atoms with Crippen molar-refractivity contribution >= 4 is 11.8 Å². The summed E-state index contributed by atoms with van der Waals surface area (Å²) in [4.78, 5) is 0. The molecule has 0 atom stereocenters. The molecule has 1 heterocycles. The van der Waals surface area contributed by atoms with Crippen LogP contribution in [0.25, 0.3) is 0 Å². The van der Waals surface area contributed by atoms with Crippen molar-refractivity contribution in [1.82, 2.24) is 4.09 Å². The summed E-state index contributed by atoms with van der Waals surface area (Å²) in [5.74, 6) is 0. The van der Waals surface area contributed by atoms with Crippen LogP contribution in [0.3, 0.4) is 0 Å². The second-order valence-electron chi connectivity index (χ2n) is 1.38. The van der Waals surface area contributed by atoms with Gasteiger partial charge in [0.25, 0.3) is 0 Å². The molecule has 0 aliphatic rings. The van der Waals surface area contributed by atoms with Gasteiger partial charge < -0.3 is 0 Å². The van der Waals surface area contributed by atoms with E-state index < -0.39 is 0 Å². The normalized spacial score (nSPS) is 9.43. The molecule has 0 aliphatic heterocycles. The Kier molecular flexibility index (Phi) is 1.07. The molecule has 1 aromatic rings. The van der Waals surface area contributed by atoms with Gasteiger partial charge in [-0.1, -0.05) is 0 Å². The average Bonchev–Trinajstić information content (AvgIpc) is 1.91. The number of hydrogen-bond donors (Lipinski definition) is 0. The Morgan fingerprint density at radius 3 is 2.71 bits per heavy atom. The van der Waals surface area contributed by atoms with Crippen molar-refractivity contribution in [2.45, 2.75) is 6.92 Å². The zero-order valence-corrected chi connectivity index (χ0v) is 4.74. The molecule has 1 radical (unpaired) electrons. The van der Waals surface area contributed by atoms with Crippen LogP contribution in [0.4, 0.5) is 0 Å². The highest BCUT2D eigenvalue weighted by molar-refractivity contribution is 6.15. The Morgan fingerprint density at radius 1 is 1.86 bits per heavy atom. The molecule has 2 heteroatoms. The van der Waals surface area contributed by atoms with Crippen molar-refractivity contribution < 1.29 is 0 Å². The van der Waals surface area contributed by atoms with Crippen LogP contribution in [0.1, 0.15) is 5.69 Å². The third-order valence-electron chi connectivity index (χ3n) is 0.822. The number of aryl methyl sites for hydroxylation is 1. The molecule has 0 aromatic carbocycles. The maximum atomic E-state index is 5.49. The molecule has 7 heavy (non-hydrogen) atoms. The Hall–Kier alpha value is -0.430. The summed E-state index contributed by atoms with van der Waals surface area (Å²) in [7, 11) is 0. The van der Waals surface area contributed by atoms with Gasteiger partial charge >= 0.3 is 0 Å². The van der Waals surface area contributed by atoms with Crippen molar-refractivity contribution in [3.8, 4) is 0 Å². The zero-order chi connectivity index (χ0) is 5.28. The molecule has 0 amide bonds. The van der Waals surface area contributed by atoms with Crippen molar-refractivity contribution in [2.75, 3.05) is 0 Å². The molecule has 0 aliphatic carbocycles. The van der Waals surface area contributed by atoms with Crippen LogP contribution in [0.5, 0.6) is 0 Å². The van der Waals surface area contributed by atoms with Crippen LogP contribution in [0.15, 0.2) is 12.1 Å². The molecule has 0 fully saturated rings. The van der Waals surface area contributed by atoms with E-state index >= 15 is 0 Å². The summed E-state index contributed by atoms with van der Waals surface area (Å²) < 4.78 is 1.43. The second-order valence-corrected chi connectivity index (χ2v) is 1.72. The van der Waals surface area contributed by atoms with Gasteiger partial charge in [-0.15, -0.1) is 0 Å². The lowest BCUT2D eigenvalue weighted by molar-refractivity contribution is 1.15. The van der Waals surface area contributed by atoms with Gasteiger partial charge in [-0.2, -0.15) is 0 Å². The number of rotatable bonds is 0. The van der Waals surface area contributed by atoms with Crippen LogP contribution in [0.2, 0.25) is 0 Å². The van der Waals surface area contributed by atoms with Crippen molar-refractivity contribution in [3.63, 3.8) is 0 Å². The maximum Gasteiger partial charge on any atom is 0.0828 e. The fourth-order valence-corrected chi connectivity index (χ4v) is 0.503. The number of aromatic nitrogens is 1. The first-order valence-electron chi connectivity index (χ1n) is 2.03. The smallest absolute Gasteiger partial charge is 0.0828 e. The molecule has 0 spiro atoms. The maximum absolute atomic E-state index is 5.49. The molecule has 1 rings (SSSR count). The third-order valence-corrected chi connectivity index (χ3v) is 1.19. The molecule has 0 unspecified atom stereocenters. The molecule has 1 aromatic heterocycles. The minimum Gasteiger partial charge on any atom is -0.256 e. The minimum absolute atomic E-state index is 1.02. The molecule has 37 valence electrons. The van der Waals surface area contributed by atoms with E-state index in [2.05, 4.69) is 6.20 Å². The van der Waals surface area contributed by atoms with Gasteiger partial charge in [0.2, 0.25) is 0 Å². The first-order valence-corrected chi connectivity index (χ1v) is 2.36. The second kappa shape index (κ2) is 1.58. The van der Waals surface area contributed by atoms with Crippen LogP contribution in [0, 0.1) is 13.1 Å².